The summed E-state index contributed by atoms with van der Waals surface area (Å²) in [5.74, 6) is -0.798. The van der Waals surface area contributed by atoms with E-state index in [-0.39, 0.29) is 29.5 Å². The van der Waals surface area contributed by atoms with Crippen molar-refractivity contribution in [2.24, 2.45) is 0 Å². The van der Waals surface area contributed by atoms with Crippen LogP contribution in [0.1, 0.15) is 21.6 Å². The van der Waals surface area contributed by atoms with Crippen molar-refractivity contribution in [3.05, 3.63) is 69.4 Å². The average molecular weight is 367 g/mol. The van der Waals surface area contributed by atoms with E-state index in [4.69, 9.17) is 4.74 Å². The topological polar surface area (TPSA) is 114 Å². The number of ketones is 1. The predicted molar refractivity (Wildman–Crippen MR) is 100 cm³/mol. The van der Waals surface area contributed by atoms with Gasteiger partial charge in [-0.2, -0.15) is 0 Å². The van der Waals surface area contributed by atoms with Crippen molar-refractivity contribution in [2.45, 2.75) is 6.92 Å². The molecule has 1 aromatic heterocycles. The van der Waals surface area contributed by atoms with E-state index in [9.17, 15) is 19.7 Å². The second-order valence-electron chi connectivity index (χ2n) is 6.04. The van der Waals surface area contributed by atoms with Gasteiger partial charge in [-0.3, -0.25) is 19.7 Å². The number of anilines is 1. The number of H-pyrrole nitrogens is 1. The molecule has 0 unspecified atom stereocenters. The number of nitrogens with one attached hydrogen (secondary N) is 2. The van der Waals surface area contributed by atoms with E-state index in [0.717, 1.165) is 5.56 Å². The highest BCUT2D eigenvalue weighted by Crippen LogP contribution is 2.32. The summed E-state index contributed by atoms with van der Waals surface area (Å²) in [4.78, 5) is 38.6. The van der Waals surface area contributed by atoms with Gasteiger partial charge in [0, 0.05) is 35.7 Å². The Morgan fingerprint density at radius 3 is 2.67 bits per heavy atom. The molecule has 0 bridgehead atoms. The first-order valence-electron chi connectivity index (χ1n) is 8.11. The molecule has 0 aliphatic heterocycles. The third-order valence-corrected chi connectivity index (χ3v) is 4.04. The van der Waals surface area contributed by atoms with Crippen molar-refractivity contribution >= 4 is 34.0 Å². The van der Waals surface area contributed by atoms with E-state index in [1.54, 1.807) is 18.2 Å². The van der Waals surface area contributed by atoms with Crippen LogP contribution in [0.25, 0.3) is 10.9 Å². The van der Waals surface area contributed by atoms with Crippen LogP contribution >= 0.6 is 0 Å². The number of aromatic nitrogens is 1. The molecule has 27 heavy (non-hydrogen) atoms. The maximum atomic E-state index is 13.0. The lowest BCUT2D eigenvalue weighted by molar-refractivity contribution is -0.384. The number of nitrogens with zero attached hydrogens (tertiary/aromatic N) is 1. The number of non-ortho nitro benzene ring substituents is 1. The van der Waals surface area contributed by atoms with Crippen molar-refractivity contribution in [3.63, 3.8) is 0 Å². The highest BCUT2D eigenvalue weighted by Gasteiger charge is 2.22. The minimum absolute atomic E-state index is 0.140. The number of aromatic amines is 1. The van der Waals surface area contributed by atoms with Gasteiger partial charge in [0.1, 0.15) is 12.3 Å². The van der Waals surface area contributed by atoms with Crippen molar-refractivity contribution in [3.8, 4) is 0 Å². The fourth-order valence-corrected chi connectivity index (χ4v) is 2.83. The number of nitro benzene ring substituents is 1. The molecule has 0 spiro atoms. The predicted octanol–water partition coefficient (Wildman–Crippen LogP) is 3.20. The summed E-state index contributed by atoms with van der Waals surface area (Å²) < 4.78 is 4.81. The molecule has 3 rings (SSSR count). The summed E-state index contributed by atoms with van der Waals surface area (Å²) in [5.41, 5.74) is 2.07. The van der Waals surface area contributed by atoms with Gasteiger partial charge in [0.25, 0.3) is 5.69 Å². The molecule has 0 atom stereocenters. The monoisotopic (exact) mass is 367 g/mol. The summed E-state index contributed by atoms with van der Waals surface area (Å²) in [6.07, 6.45) is 0. The zero-order valence-corrected chi connectivity index (χ0v) is 14.7. The Kier molecular flexibility index (Phi) is 5.00. The Morgan fingerprint density at radius 2 is 2.00 bits per heavy atom. The zero-order chi connectivity index (χ0) is 19.6. The molecule has 1 heterocycles. The van der Waals surface area contributed by atoms with Gasteiger partial charge < -0.3 is 15.0 Å². The maximum absolute atomic E-state index is 13.0. The number of ether oxygens (including phenoxy) is 1. The third kappa shape index (κ3) is 3.70. The highest BCUT2D eigenvalue weighted by atomic mass is 16.6. The van der Waals surface area contributed by atoms with Crippen molar-refractivity contribution in [1.29, 1.82) is 0 Å². The SMILES string of the molecule is COCC(=O)Nc1c(C(=O)c2cccc(C)c2)[nH]c2ccc([N+](=O)[O-])cc12. The van der Waals surface area contributed by atoms with Crippen LogP contribution in [-0.2, 0) is 9.53 Å². The number of carbonyl (C=O) groups is 2. The van der Waals surface area contributed by atoms with Gasteiger partial charge in [0.15, 0.2) is 0 Å². The number of hydrogen-bond acceptors (Lipinski definition) is 5. The molecule has 0 saturated heterocycles. The Labute approximate surface area is 154 Å². The van der Waals surface area contributed by atoms with Crippen LogP contribution in [0.3, 0.4) is 0 Å². The van der Waals surface area contributed by atoms with Crippen LogP contribution in [0.2, 0.25) is 0 Å². The molecule has 8 heteroatoms. The van der Waals surface area contributed by atoms with Gasteiger partial charge in [0.2, 0.25) is 11.7 Å². The number of hydrogen-bond donors (Lipinski definition) is 2. The molecular formula is C19H17N3O5. The highest BCUT2D eigenvalue weighted by molar-refractivity contribution is 6.18. The van der Waals surface area contributed by atoms with Crippen molar-refractivity contribution in [2.75, 3.05) is 19.0 Å². The molecule has 2 N–H and O–H groups in total. The van der Waals surface area contributed by atoms with Gasteiger partial charge in [-0.25, -0.2) is 0 Å². The zero-order valence-electron chi connectivity index (χ0n) is 14.7. The van der Waals surface area contributed by atoms with Crippen LogP contribution in [0.4, 0.5) is 11.4 Å². The van der Waals surface area contributed by atoms with E-state index in [0.29, 0.717) is 16.5 Å². The number of benzene rings is 2. The molecule has 0 radical (unpaired) electrons. The van der Waals surface area contributed by atoms with Gasteiger partial charge in [-0.05, 0) is 19.1 Å². The lowest BCUT2D eigenvalue weighted by atomic mass is 10.0. The average Bonchev–Trinajstić information content (AvgIpc) is 2.99. The quantitative estimate of drug-likeness (QED) is 0.394. The van der Waals surface area contributed by atoms with Gasteiger partial charge in [-0.1, -0.05) is 23.8 Å². The van der Waals surface area contributed by atoms with Crippen LogP contribution in [0, 0.1) is 17.0 Å². The Balaban J connectivity index is 2.16. The first kappa shape index (κ1) is 18.3. The first-order valence-corrected chi connectivity index (χ1v) is 8.11. The normalized spacial score (nSPS) is 10.7. The molecule has 0 fully saturated rings. The summed E-state index contributed by atoms with van der Waals surface area (Å²) in [6, 6.07) is 11.2. The number of fused-ring (bicyclic) bond motifs is 1. The summed E-state index contributed by atoms with van der Waals surface area (Å²) in [5, 5.41) is 14.1. The number of carbonyl (C=O) groups excluding carboxylic acids is 2. The van der Waals surface area contributed by atoms with Gasteiger partial charge in [-0.15, -0.1) is 0 Å². The Hall–Kier alpha value is -3.52. The fourth-order valence-electron chi connectivity index (χ4n) is 2.83. The van der Waals surface area contributed by atoms with E-state index in [1.165, 1.54) is 25.3 Å². The molecule has 138 valence electrons. The summed E-state index contributed by atoms with van der Waals surface area (Å²) in [6.45, 7) is 1.66. The summed E-state index contributed by atoms with van der Waals surface area (Å²) in [7, 11) is 1.37. The number of amides is 1. The minimum atomic E-state index is -0.532. The van der Waals surface area contributed by atoms with Crippen molar-refractivity contribution < 1.29 is 19.2 Å². The smallest absolute Gasteiger partial charge is 0.270 e. The number of nitro groups is 1. The minimum Gasteiger partial charge on any atom is -0.375 e. The molecule has 0 saturated carbocycles. The molecule has 1 amide bonds. The van der Waals surface area contributed by atoms with Crippen LogP contribution in [-0.4, -0.2) is 35.3 Å². The number of rotatable bonds is 6. The fraction of sp³-hybridized carbons (Fsp3) is 0.158. The second kappa shape index (κ2) is 7.38. The van der Waals surface area contributed by atoms with Gasteiger partial charge >= 0.3 is 0 Å². The van der Waals surface area contributed by atoms with E-state index in [2.05, 4.69) is 10.3 Å². The first-order chi connectivity index (χ1) is 12.9. The lowest BCUT2D eigenvalue weighted by Crippen LogP contribution is -2.19. The molecule has 0 aliphatic rings. The van der Waals surface area contributed by atoms with Crippen molar-refractivity contribution in [1.82, 2.24) is 4.98 Å². The lowest BCUT2D eigenvalue weighted by Gasteiger charge is -2.07. The molecule has 2 aromatic carbocycles. The second-order valence-corrected chi connectivity index (χ2v) is 6.04. The van der Waals surface area contributed by atoms with Gasteiger partial charge in [0.05, 0.1) is 10.6 Å². The summed E-state index contributed by atoms with van der Waals surface area (Å²) >= 11 is 0. The third-order valence-electron chi connectivity index (χ3n) is 4.04. The maximum Gasteiger partial charge on any atom is 0.270 e. The Bertz CT molecular complexity index is 1050. The van der Waals surface area contributed by atoms with E-state index in [1.807, 2.05) is 13.0 Å². The standard InChI is InChI=1S/C19H17N3O5/c1-11-4-3-5-12(8-11)19(24)18-17(21-16(23)10-27-2)14-9-13(22(25)26)6-7-15(14)20-18/h3-9,20H,10H2,1-2H3,(H,21,23). The van der Waals surface area contributed by atoms with Crippen LogP contribution < -0.4 is 5.32 Å². The Morgan fingerprint density at radius 1 is 1.22 bits per heavy atom. The largest absolute Gasteiger partial charge is 0.375 e. The molecule has 0 aliphatic carbocycles. The number of aryl methyl sites for hydroxylation is 1. The van der Waals surface area contributed by atoms with E-state index >= 15 is 0 Å². The van der Waals surface area contributed by atoms with E-state index < -0.39 is 10.8 Å². The molecule has 3 aromatic rings. The number of methoxy groups -OCH3 is 1. The van der Waals surface area contributed by atoms with Crippen LogP contribution in [0.5, 0.6) is 0 Å². The van der Waals surface area contributed by atoms with Crippen LogP contribution in [0.15, 0.2) is 42.5 Å². The molecule has 8 nitrogen and oxygen atoms in total. The molecular weight excluding hydrogens is 350 g/mol.